The fraction of sp³-hybridized carbons (Fsp3) is 0.136. The number of aryl methyl sites for hydroxylation is 1. The molecule has 0 aliphatic carbocycles. The first-order valence-electron chi connectivity index (χ1n) is 8.81. The molecule has 0 unspecified atom stereocenters. The number of H-pyrrole nitrogens is 1. The van der Waals surface area contributed by atoms with Crippen molar-refractivity contribution in [3.05, 3.63) is 87.1 Å². The normalized spacial score (nSPS) is 11.0. The molecule has 0 radical (unpaired) electrons. The van der Waals surface area contributed by atoms with E-state index in [1.807, 2.05) is 37.3 Å². The lowest BCUT2D eigenvalue weighted by molar-refractivity contribution is 0.415. The maximum absolute atomic E-state index is 12.4. The number of methoxy groups -OCH3 is 1. The number of aromatic nitrogens is 3. The fourth-order valence-corrected chi connectivity index (χ4v) is 3.44. The molecule has 0 bridgehead atoms. The van der Waals surface area contributed by atoms with Crippen LogP contribution in [0.1, 0.15) is 17.0 Å². The minimum Gasteiger partial charge on any atom is -0.497 e. The van der Waals surface area contributed by atoms with Crippen LogP contribution < -0.4 is 10.3 Å². The lowest BCUT2D eigenvalue weighted by Crippen LogP contribution is -2.12. The predicted molar refractivity (Wildman–Crippen MR) is 111 cm³/mol. The van der Waals surface area contributed by atoms with Gasteiger partial charge in [-0.3, -0.25) is 9.78 Å². The summed E-state index contributed by atoms with van der Waals surface area (Å²) in [5.74, 6) is 1.22. The molecule has 0 saturated carbocycles. The summed E-state index contributed by atoms with van der Waals surface area (Å²) in [6, 6.07) is 15.1. The van der Waals surface area contributed by atoms with Crippen molar-refractivity contribution in [2.75, 3.05) is 7.11 Å². The highest BCUT2D eigenvalue weighted by Gasteiger charge is 2.08. The second-order valence-electron chi connectivity index (χ2n) is 6.64. The summed E-state index contributed by atoms with van der Waals surface area (Å²) in [7, 11) is 1.57. The Kier molecular flexibility index (Phi) is 4.84. The van der Waals surface area contributed by atoms with E-state index in [4.69, 9.17) is 16.3 Å². The van der Waals surface area contributed by atoms with Gasteiger partial charge >= 0.3 is 0 Å². The van der Waals surface area contributed by atoms with Gasteiger partial charge in [0.25, 0.3) is 5.56 Å². The van der Waals surface area contributed by atoms with E-state index >= 15 is 0 Å². The Morgan fingerprint density at radius 1 is 1.11 bits per heavy atom. The van der Waals surface area contributed by atoms with Gasteiger partial charge in [0.05, 0.1) is 23.7 Å². The van der Waals surface area contributed by atoms with Crippen LogP contribution in [0.25, 0.3) is 22.2 Å². The molecule has 0 aliphatic heterocycles. The van der Waals surface area contributed by atoms with Crippen molar-refractivity contribution in [1.29, 1.82) is 0 Å². The average Bonchev–Trinajstić information content (AvgIpc) is 2.67. The third-order valence-electron chi connectivity index (χ3n) is 4.50. The van der Waals surface area contributed by atoms with Crippen molar-refractivity contribution < 1.29 is 4.74 Å². The number of pyridine rings is 1. The van der Waals surface area contributed by atoms with E-state index in [2.05, 4.69) is 15.0 Å². The first-order chi connectivity index (χ1) is 13.5. The summed E-state index contributed by atoms with van der Waals surface area (Å²) in [5.41, 5.74) is 4.32. The molecule has 0 spiro atoms. The summed E-state index contributed by atoms with van der Waals surface area (Å²) >= 11 is 6.14. The quantitative estimate of drug-likeness (QED) is 0.554. The standard InChI is InChI=1S/C22H18ClN3O2/c1-13-7-15(10-16(23)8-13)19-5-3-14(12-24-19)9-21-25-20-6-4-17(28-2)11-18(20)22(27)26-21/h3-8,10-12H,9H2,1-2H3,(H,25,26,27). The number of ether oxygens (including phenoxy) is 1. The van der Waals surface area contributed by atoms with Crippen molar-refractivity contribution in [3.63, 3.8) is 0 Å². The van der Waals surface area contributed by atoms with Crippen LogP contribution in [0.3, 0.4) is 0 Å². The topological polar surface area (TPSA) is 67.9 Å². The average molecular weight is 392 g/mol. The molecule has 140 valence electrons. The van der Waals surface area contributed by atoms with Gasteiger partial charge in [0.1, 0.15) is 11.6 Å². The highest BCUT2D eigenvalue weighted by molar-refractivity contribution is 6.30. The van der Waals surface area contributed by atoms with E-state index in [1.54, 1.807) is 31.5 Å². The third-order valence-corrected chi connectivity index (χ3v) is 4.71. The molecule has 1 N–H and O–H groups in total. The van der Waals surface area contributed by atoms with Gasteiger partial charge in [-0.15, -0.1) is 0 Å². The molecule has 2 aromatic carbocycles. The first-order valence-corrected chi connectivity index (χ1v) is 9.19. The summed E-state index contributed by atoms with van der Waals surface area (Å²) in [6.45, 7) is 2.00. The van der Waals surface area contributed by atoms with Crippen molar-refractivity contribution in [3.8, 4) is 17.0 Å². The van der Waals surface area contributed by atoms with E-state index in [-0.39, 0.29) is 5.56 Å². The van der Waals surface area contributed by atoms with E-state index < -0.39 is 0 Å². The number of hydrogen-bond acceptors (Lipinski definition) is 4. The molecule has 0 atom stereocenters. The Morgan fingerprint density at radius 2 is 1.96 bits per heavy atom. The molecule has 0 aliphatic rings. The number of nitrogens with zero attached hydrogens (tertiary/aromatic N) is 2. The Bertz CT molecular complexity index is 1200. The minimum atomic E-state index is -0.183. The largest absolute Gasteiger partial charge is 0.497 e. The van der Waals surface area contributed by atoms with Crippen LogP contribution in [-0.2, 0) is 6.42 Å². The number of hydrogen-bond donors (Lipinski definition) is 1. The van der Waals surface area contributed by atoms with Crippen molar-refractivity contribution in [2.45, 2.75) is 13.3 Å². The molecule has 2 heterocycles. The number of fused-ring (bicyclic) bond motifs is 1. The van der Waals surface area contributed by atoms with Crippen LogP contribution in [0.15, 0.2) is 59.5 Å². The van der Waals surface area contributed by atoms with Gasteiger partial charge in [-0.1, -0.05) is 17.7 Å². The molecule has 6 heteroatoms. The predicted octanol–water partition coefficient (Wildman–Crippen LogP) is 4.55. The van der Waals surface area contributed by atoms with Crippen LogP contribution in [0.2, 0.25) is 5.02 Å². The molecular weight excluding hydrogens is 374 g/mol. The van der Waals surface area contributed by atoms with Crippen LogP contribution in [0, 0.1) is 6.92 Å². The van der Waals surface area contributed by atoms with Gasteiger partial charge in [-0.05, 0) is 60.5 Å². The molecule has 0 saturated heterocycles. The maximum atomic E-state index is 12.4. The second kappa shape index (κ2) is 7.44. The summed E-state index contributed by atoms with van der Waals surface area (Å²) in [5, 5.41) is 1.20. The van der Waals surface area contributed by atoms with Crippen LogP contribution in [0.5, 0.6) is 5.75 Å². The van der Waals surface area contributed by atoms with E-state index in [1.165, 1.54) is 0 Å². The Hall–Kier alpha value is -3.18. The van der Waals surface area contributed by atoms with Gasteiger partial charge in [-0.25, -0.2) is 4.98 Å². The molecule has 4 rings (SSSR count). The first kappa shape index (κ1) is 18.2. The van der Waals surface area contributed by atoms with Crippen LogP contribution in [0.4, 0.5) is 0 Å². The summed E-state index contributed by atoms with van der Waals surface area (Å²) in [4.78, 5) is 24.3. The smallest absolute Gasteiger partial charge is 0.258 e. The zero-order chi connectivity index (χ0) is 19.7. The van der Waals surface area contributed by atoms with E-state index in [9.17, 15) is 4.79 Å². The summed E-state index contributed by atoms with van der Waals surface area (Å²) < 4.78 is 5.17. The number of aromatic amines is 1. The highest BCUT2D eigenvalue weighted by Crippen LogP contribution is 2.23. The molecule has 2 aromatic heterocycles. The van der Waals surface area contributed by atoms with Crippen molar-refractivity contribution in [1.82, 2.24) is 15.0 Å². The maximum Gasteiger partial charge on any atom is 0.258 e. The molecule has 0 amide bonds. The highest BCUT2D eigenvalue weighted by atomic mass is 35.5. The van der Waals surface area contributed by atoms with Gasteiger partial charge in [0.2, 0.25) is 0 Å². The SMILES string of the molecule is COc1ccc2nc(Cc3ccc(-c4cc(C)cc(Cl)c4)nc3)[nH]c(=O)c2c1. The molecular formula is C22H18ClN3O2. The zero-order valence-corrected chi connectivity index (χ0v) is 16.2. The Labute approximate surface area is 167 Å². The van der Waals surface area contributed by atoms with Crippen molar-refractivity contribution >= 4 is 22.5 Å². The number of nitrogens with one attached hydrogen (secondary N) is 1. The zero-order valence-electron chi connectivity index (χ0n) is 15.5. The second-order valence-corrected chi connectivity index (χ2v) is 7.08. The van der Waals surface area contributed by atoms with E-state index in [0.717, 1.165) is 22.4 Å². The number of halogens is 1. The monoisotopic (exact) mass is 391 g/mol. The summed E-state index contributed by atoms with van der Waals surface area (Å²) in [6.07, 6.45) is 2.28. The molecule has 28 heavy (non-hydrogen) atoms. The van der Waals surface area contributed by atoms with Crippen LogP contribution >= 0.6 is 11.6 Å². The Balaban J connectivity index is 1.61. The Morgan fingerprint density at radius 3 is 2.68 bits per heavy atom. The van der Waals surface area contributed by atoms with Gasteiger partial charge in [0.15, 0.2) is 0 Å². The molecule has 4 aromatic rings. The van der Waals surface area contributed by atoms with Gasteiger partial charge in [0, 0.05) is 23.2 Å². The number of benzene rings is 2. The number of rotatable bonds is 4. The molecule has 0 fully saturated rings. The lowest BCUT2D eigenvalue weighted by Gasteiger charge is -2.07. The lowest BCUT2D eigenvalue weighted by atomic mass is 10.1. The van der Waals surface area contributed by atoms with Gasteiger partial charge in [-0.2, -0.15) is 0 Å². The van der Waals surface area contributed by atoms with Gasteiger partial charge < -0.3 is 9.72 Å². The fourth-order valence-electron chi connectivity index (χ4n) is 3.15. The van der Waals surface area contributed by atoms with Crippen LogP contribution in [-0.4, -0.2) is 22.1 Å². The van der Waals surface area contributed by atoms with Crippen molar-refractivity contribution in [2.24, 2.45) is 0 Å². The minimum absolute atomic E-state index is 0.183. The van der Waals surface area contributed by atoms with E-state index in [0.29, 0.717) is 33.9 Å². The molecule has 5 nitrogen and oxygen atoms in total. The third kappa shape index (κ3) is 3.75.